The Morgan fingerprint density at radius 3 is 2.35 bits per heavy atom. The summed E-state index contributed by atoms with van der Waals surface area (Å²) in [5.41, 5.74) is 2.48. The van der Waals surface area contributed by atoms with Gasteiger partial charge in [-0.1, -0.05) is 30.3 Å². The van der Waals surface area contributed by atoms with Gasteiger partial charge in [0.15, 0.2) is 0 Å². The number of H-pyrrole nitrogens is 1. The van der Waals surface area contributed by atoms with Gasteiger partial charge in [0.2, 0.25) is 5.91 Å². The Labute approximate surface area is 178 Å². The van der Waals surface area contributed by atoms with Crippen molar-refractivity contribution in [2.45, 2.75) is 19.4 Å². The molecule has 4 rings (SSSR count). The van der Waals surface area contributed by atoms with Crippen molar-refractivity contribution in [3.63, 3.8) is 0 Å². The SMILES string of the molecule is CC(=O)N[C@@H](Cc1c[nH]c2ccccc12)C(=O)OCCN1C(=O)c2ccccc2C1=O. The number of imide groups is 1. The van der Waals surface area contributed by atoms with E-state index in [9.17, 15) is 19.2 Å². The molecule has 0 bridgehead atoms. The molecular formula is C23H21N3O5. The standard InChI is InChI=1S/C23H21N3O5/c1-14(27)25-20(12-15-13-24-19-9-5-4-6-16(15)19)23(30)31-11-10-26-21(28)17-7-2-3-8-18(17)22(26)29/h2-9,13,20,24H,10-12H2,1H3,(H,25,27)/t20-/m0/s1. The fourth-order valence-corrected chi connectivity index (χ4v) is 3.74. The van der Waals surface area contributed by atoms with Crippen LogP contribution < -0.4 is 5.32 Å². The van der Waals surface area contributed by atoms with E-state index >= 15 is 0 Å². The molecule has 3 aromatic rings. The number of nitrogens with one attached hydrogen (secondary N) is 2. The third-order valence-electron chi connectivity index (χ3n) is 5.20. The lowest BCUT2D eigenvalue weighted by atomic mass is 10.0. The second-order valence-corrected chi connectivity index (χ2v) is 7.29. The summed E-state index contributed by atoms with van der Waals surface area (Å²) in [5, 5.41) is 3.57. The van der Waals surface area contributed by atoms with Crippen molar-refractivity contribution >= 4 is 34.6 Å². The third-order valence-corrected chi connectivity index (χ3v) is 5.20. The molecular weight excluding hydrogens is 398 g/mol. The average molecular weight is 419 g/mol. The van der Waals surface area contributed by atoms with Gasteiger partial charge in [0.25, 0.3) is 11.8 Å². The number of aromatic amines is 1. The molecule has 8 nitrogen and oxygen atoms in total. The van der Waals surface area contributed by atoms with Crippen LogP contribution in [0.4, 0.5) is 0 Å². The molecule has 1 aliphatic heterocycles. The summed E-state index contributed by atoms with van der Waals surface area (Å²) in [6.07, 6.45) is 2.04. The Bertz CT molecular complexity index is 1150. The fourth-order valence-electron chi connectivity index (χ4n) is 3.74. The van der Waals surface area contributed by atoms with Crippen LogP contribution in [0.25, 0.3) is 10.9 Å². The number of fused-ring (bicyclic) bond motifs is 2. The number of hydrogen-bond donors (Lipinski definition) is 2. The lowest BCUT2D eigenvalue weighted by Crippen LogP contribution is -2.43. The summed E-state index contributed by atoms with van der Waals surface area (Å²) in [4.78, 5) is 53.3. The molecule has 0 spiro atoms. The molecule has 31 heavy (non-hydrogen) atoms. The zero-order chi connectivity index (χ0) is 22.0. The van der Waals surface area contributed by atoms with Gasteiger partial charge in [-0.15, -0.1) is 0 Å². The fraction of sp³-hybridized carbons (Fsp3) is 0.217. The van der Waals surface area contributed by atoms with Crippen molar-refractivity contribution in [3.05, 3.63) is 71.4 Å². The highest BCUT2D eigenvalue weighted by Crippen LogP contribution is 2.22. The number of ether oxygens (including phenoxy) is 1. The van der Waals surface area contributed by atoms with Crippen LogP contribution in [0.3, 0.4) is 0 Å². The predicted molar refractivity (Wildman–Crippen MR) is 112 cm³/mol. The van der Waals surface area contributed by atoms with Crippen LogP contribution in [0, 0.1) is 0 Å². The number of esters is 1. The Hall–Kier alpha value is -3.94. The summed E-state index contributed by atoms with van der Waals surface area (Å²) in [6, 6.07) is 13.3. The summed E-state index contributed by atoms with van der Waals surface area (Å²) in [6.45, 7) is 1.11. The number of aromatic nitrogens is 1. The predicted octanol–water partition coefficient (Wildman–Crippen LogP) is 2.05. The first kappa shape index (κ1) is 20.3. The second kappa shape index (κ2) is 8.43. The Balaban J connectivity index is 1.40. The summed E-state index contributed by atoms with van der Waals surface area (Å²) < 4.78 is 5.31. The molecule has 0 saturated heterocycles. The van der Waals surface area contributed by atoms with Crippen LogP contribution in [-0.4, -0.2) is 52.8 Å². The van der Waals surface area contributed by atoms with Gasteiger partial charge in [-0.3, -0.25) is 19.3 Å². The number of carbonyl (C=O) groups excluding carboxylic acids is 4. The summed E-state index contributed by atoms with van der Waals surface area (Å²) in [7, 11) is 0. The maximum absolute atomic E-state index is 12.7. The van der Waals surface area contributed by atoms with Crippen LogP contribution >= 0.6 is 0 Å². The molecule has 1 aromatic heterocycles. The molecule has 3 amide bonds. The number of benzene rings is 2. The van der Waals surface area contributed by atoms with Crippen molar-refractivity contribution < 1.29 is 23.9 Å². The number of rotatable bonds is 7. The van der Waals surface area contributed by atoms with E-state index in [1.165, 1.54) is 6.92 Å². The molecule has 0 radical (unpaired) electrons. The van der Waals surface area contributed by atoms with Gasteiger partial charge in [0.05, 0.1) is 17.7 Å². The molecule has 1 atom stereocenters. The maximum Gasteiger partial charge on any atom is 0.329 e. The van der Waals surface area contributed by atoms with Crippen LogP contribution in [0.5, 0.6) is 0 Å². The van der Waals surface area contributed by atoms with Crippen LogP contribution in [0.1, 0.15) is 33.2 Å². The molecule has 8 heteroatoms. The minimum atomic E-state index is -0.890. The van der Waals surface area contributed by atoms with E-state index in [2.05, 4.69) is 10.3 Å². The van der Waals surface area contributed by atoms with Gasteiger partial charge in [-0.25, -0.2) is 4.79 Å². The molecule has 2 aromatic carbocycles. The molecule has 0 unspecified atom stereocenters. The van der Waals surface area contributed by atoms with Crippen LogP contribution in [-0.2, 0) is 20.7 Å². The summed E-state index contributed by atoms with van der Waals surface area (Å²) >= 11 is 0. The van der Waals surface area contributed by atoms with E-state index in [4.69, 9.17) is 4.74 Å². The van der Waals surface area contributed by atoms with Crippen molar-refractivity contribution in [2.75, 3.05) is 13.2 Å². The molecule has 1 aliphatic rings. The van der Waals surface area contributed by atoms with Crippen LogP contribution in [0.15, 0.2) is 54.7 Å². The van der Waals surface area contributed by atoms with E-state index in [0.29, 0.717) is 11.1 Å². The Morgan fingerprint density at radius 2 is 1.68 bits per heavy atom. The number of para-hydroxylation sites is 1. The van der Waals surface area contributed by atoms with Crippen molar-refractivity contribution in [1.82, 2.24) is 15.2 Å². The van der Waals surface area contributed by atoms with Gasteiger partial charge in [-0.05, 0) is 23.8 Å². The minimum Gasteiger partial charge on any atom is -0.462 e. The van der Waals surface area contributed by atoms with Crippen LogP contribution in [0.2, 0.25) is 0 Å². The monoisotopic (exact) mass is 419 g/mol. The first-order chi connectivity index (χ1) is 15.0. The van der Waals surface area contributed by atoms with Gasteiger partial charge >= 0.3 is 5.97 Å². The van der Waals surface area contributed by atoms with Gasteiger partial charge in [-0.2, -0.15) is 0 Å². The average Bonchev–Trinajstić information content (AvgIpc) is 3.27. The lowest BCUT2D eigenvalue weighted by Gasteiger charge is -2.18. The highest BCUT2D eigenvalue weighted by atomic mass is 16.5. The van der Waals surface area contributed by atoms with Crippen molar-refractivity contribution in [2.24, 2.45) is 0 Å². The third kappa shape index (κ3) is 4.05. The van der Waals surface area contributed by atoms with Crippen molar-refractivity contribution in [1.29, 1.82) is 0 Å². The zero-order valence-corrected chi connectivity index (χ0v) is 16.9. The lowest BCUT2D eigenvalue weighted by molar-refractivity contribution is -0.147. The van der Waals surface area contributed by atoms with Gasteiger partial charge in [0, 0.05) is 30.4 Å². The van der Waals surface area contributed by atoms with Gasteiger partial charge < -0.3 is 15.0 Å². The largest absolute Gasteiger partial charge is 0.462 e. The van der Waals surface area contributed by atoms with E-state index in [1.807, 2.05) is 24.3 Å². The van der Waals surface area contributed by atoms with Crippen molar-refractivity contribution in [3.8, 4) is 0 Å². The van der Waals surface area contributed by atoms with E-state index in [-0.39, 0.29) is 25.5 Å². The molecule has 2 heterocycles. The first-order valence-electron chi connectivity index (χ1n) is 9.89. The molecule has 158 valence electrons. The number of hydrogen-bond acceptors (Lipinski definition) is 5. The first-order valence-corrected chi connectivity index (χ1v) is 9.89. The topological polar surface area (TPSA) is 109 Å². The zero-order valence-electron chi connectivity index (χ0n) is 16.9. The quantitative estimate of drug-likeness (QED) is 0.450. The number of nitrogens with zero attached hydrogens (tertiary/aromatic N) is 1. The Kier molecular flexibility index (Phi) is 5.53. The van der Waals surface area contributed by atoms with E-state index in [1.54, 1.807) is 30.5 Å². The maximum atomic E-state index is 12.7. The normalized spacial score (nSPS) is 13.9. The smallest absolute Gasteiger partial charge is 0.329 e. The van der Waals surface area contributed by atoms with E-state index in [0.717, 1.165) is 21.4 Å². The minimum absolute atomic E-state index is 0.0576. The highest BCUT2D eigenvalue weighted by molar-refractivity contribution is 6.21. The molecule has 0 saturated carbocycles. The summed E-state index contributed by atoms with van der Waals surface area (Å²) in [5.74, 6) is -1.80. The second-order valence-electron chi connectivity index (χ2n) is 7.29. The number of amides is 3. The van der Waals surface area contributed by atoms with E-state index < -0.39 is 23.8 Å². The molecule has 0 fully saturated rings. The molecule has 0 aliphatic carbocycles. The molecule has 2 N–H and O–H groups in total. The Morgan fingerprint density at radius 1 is 1.03 bits per heavy atom. The van der Waals surface area contributed by atoms with Gasteiger partial charge in [0.1, 0.15) is 12.6 Å². The number of carbonyl (C=O) groups is 4. The highest BCUT2D eigenvalue weighted by Gasteiger charge is 2.35.